The van der Waals surface area contributed by atoms with Gasteiger partial charge < -0.3 is 18.6 Å². The molecule has 346 valence electrons. The zero-order valence-electron chi connectivity index (χ0n) is 42.3. The van der Waals surface area contributed by atoms with Crippen molar-refractivity contribution >= 4 is 100 Å². The first-order valence-electron chi connectivity index (χ1n) is 25.8. The molecule has 0 saturated carbocycles. The fourth-order valence-electron chi connectivity index (χ4n) is 13.6. The molecule has 1 aliphatic carbocycles. The molecule has 0 N–H and O–H groups in total. The van der Waals surface area contributed by atoms with Crippen LogP contribution in [-0.4, -0.2) is 20.4 Å². The second-order valence-electron chi connectivity index (χ2n) is 23.4. The molecule has 15 rings (SSSR count). The van der Waals surface area contributed by atoms with Crippen LogP contribution < -0.4 is 15.8 Å². The third-order valence-corrected chi connectivity index (χ3v) is 16.9. The summed E-state index contributed by atoms with van der Waals surface area (Å²) in [6.07, 6.45) is 0. The van der Waals surface area contributed by atoms with E-state index in [2.05, 4.69) is 262 Å². The van der Waals surface area contributed by atoms with Gasteiger partial charge in [-0.15, -0.1) is 0 Å². The summed E-state index contributed by atoms with van der Waals surface area (Å²) in [5.41, 5.74) is 23.9. The minimum atomic E-state index is -0.292. The van der Waals surface area contributed by atoms with Crippen LogP contribution in [0, 0.1) is 0 Å². The largest absolute Gasteiger partial charge is 0.311 e. The zero-order chi connectivity index (χ0) is 48.7. The lowest BCUT2D eigenvalue weighted by Gasteiger charge is -2.43. The topological polar surface area (TPSA) is 18.0 Å². The molecule has 72 heavy (non-hydrogen) atoms. The van der Waals surface area contributed by atoms with E-state index in [4.69, 9.17) is 0 Å². The Morgan fingerprint density at radius 1 is 0.403 bits per heavy atom. The van der Waals surface area contributed by atoms with Crippen molar-refractivity contribution in [2.45, 2.75) is 71.6 Å². The third-order valence-electron chi connectivity index (χ3n) is 16.9. The summed E-state index contributed by atoms with van der Waals surface area (Å²) in [4.78, 5) is 2.68. The van der Waals surface area contributed by atoms with Crippen molar-refractivity contribution < 1.29 is 0 Å². The minimum Gasteiger partial charge on any atom is -0.311 e. The third kappa shape index (κ3) is 5.38. The monoisotopic (exact) mass is 926 g/mol. The average molecular weight is 927 g/mol. The average Bonchev–Trinajstić information content (AvgIpc) is 4.09. The molecular formula is C67H55BN4. The van der Waals surface area contributed by atoms with Gasteiger partial charge in [-0.25, -0.2) is 0 Å². The van der Waals surface area contributed by atoms with Crippen molar-refractivity contribution in [3.05, 3.63) is 216 Å². The lowest BCUT2D eigenvalue weighted by atomic mass is 9.30. The highest BCUT2D eigenvalue weighted by molar-refractivity contribution is 6.96. The Kier molecular flexibility index (Phi) is 8.18. The second kappa shape index (κ2) is 14.1. The molecule has 0 amide bonds. The molecule has 3 aromatic heterocycles. The van der Waals surface area contributed by atoms with Gasteiger partial charge in [0.15, 0.2) is 0 Å². The molecule has 0 saturated heterocycles. The molecule has 5 heterocycles. The van der Waals surface area contributed by atoms with Gasteiger partial charge in [0.2, 0.25) is 6.71 Å². The Bertz CT molecular complexity index is 4320. The van der Waals surface area contributed by atoms with Gasteiger partial charge in [0.05, 0.1) is 33.3 Å². The smallest absolute Gasteiger partial charge is 0.248 e. The van der Waals surface area contributed by atoms with E-state index in [0.717, 1.165) is 11.4 Å². The van der Waals surface area contributed by atoms with Gasteiger partial charge in [0.1, 0.15) is 0 Å². The van der Waals surface area contributed by atoms with E-state index in [9.17, 15) is 0 Å². The molecule has 0 unspecified atom stereocenters. The molecule has 12 aromatic rings. The van der Waals surface area contributed by atoms with Crippen LogP contribution in [0.4, 0.5) is 11.4 Å². The highest BCUT2D eigenvalue weighted by Gasteiger charge is 2.53. The first kappa shape index (κ1) is 41.7. The second-order valence-corrected chi connectivity index (χ2v) is 23.4. The van der Waals surface area contributed by atoms with Gasteiger partial charge in [-0.05, 0) is 99.1 Å². The van der Waals surface area contributed by atoms with Crippen molar-refractivity contribution in [3.8, 4) is 17.1 Å². The van der Waals surface area contributed by atoms with E-state index in [1.807, 2.05) is 0 Å². The molecule has 9 aromatic carbocycles. The maximum atomic E-state index is 2.70. The van der Waals surface area contributed by atoms with Gasteiger partial charge >= 0.3 is 0 Å². The van der Waals surface area contributed by atoms with E-state index < -0.39 is 0 Å². The van der Waals surface area contributed by atoms with Crippen molar-refractivity contribution in [2.75, 3.05) is 4.90 Å². The van der Waals surface area contributed by atoms with Crippen molar-refractivity contribution in [1.82, 2.24) is 13.7 Å². The number of rotatable bonds is 3. The summed E-state index contributed by atoms with van der Waals surface area (Å²) in [5.74, 6) is 0. The summed E-state index contributed by atoms with van der Waals surface area (Å²) in [5, 5.41) is 7.57. The minimum absolute atomic E-state index is 0.00718. The van der Waals surface area contributed by atoms with Gasteiger partial charge in [0, 0.05) is 77.3 Å². The Morgan fingerprint density at radius 2 is 0.931 bits per heavy atom. The first-order chi connectivity index (χ1) is 34.8. The summed E-state index contributed by atoms with van der Waals surface area (Å²) in [6, 6.07) is 71.9. The maximum Gasteiger partial charge on any atom is 0.248 e. The first-order valence-corrected chi connectivity index (χ1v) is 25.8. The Balaban J connectivity index is 1.17. The van der Waals surface area contributed by atoms with E-state index in [0.29, 0.717) is 0 Å². The van der Waals surface area contributed by atoms with Gasteiger partial charge in [-0.2, -0.15) is 0 Å². The van der Waals surface area contributed by atoms with Crippen LogP contribution >= 0.6 is 0 Å². The van der Waals surface area contributed by atoms with Crippen LogP contribution in [0.2, 0.25) is 0 Å². The molecular weight excluding hydrogens is 872 g/mol. The fraction of sp³-hybridized carbons (Fsp3) is 0.164. The molecule has 2 aliphatic heterocycles. The van der Waals surface area contributed by atoms with Gasteiger partial charge in [0.25, 0.3) is 0 Å². The number of hydrogen-bond acceptors (Lipinski definition) is 1. The van der Waals surface area contributed by atoms with Crippen LogP contribution in [-0.2, 0) is 16.2 Å². The summed E-state index contributed by atoms with van der Waals surface area (Å²) >= 11 is 0. The number of para-hydroxylation sites is 5. The SMILES string of the molecule is CC(C)(C)c1ccc(N2C3=C(B4c5c2cc(-n2c6ccccc6c6ccccc62)cc5-n2c5c4cccc5c4ccc5c6ccccc6n(-c6ccccc6)c5c42)C(C)(C)c2ccc(C(C)(C)C)cc23)cc1. The predicted octanol–water partition coefficient (Wildman–Crippen LogP) is 15.9. The van der Waals surface area contributed by atoms with E-state index >= 15 is 0 Å². The van der Waals surface area contributed by atoms with E-state index in [1.54, 1.807) is 0 Å². The molecule has 5 heteroatoms. The van der Waals surface area contributed by atoms with Crippen molar-refractivity contribution in [1.29, 1.82) is 0 Å². The van der Waals surface area contributed by atoms with Crippen molar-refractivity contribution in [3.63, 3.8) is 0 Å². The standard InChI is InChI=1S/C67H55BN4/c1-65(2,3)40-29-32-43(33-30-40)71-57-38-44(69-54-26-15-12-21-45(54)46-22-13-16-27-55(46)69)39-58-59(57)68(64-63(71)51-37-41(66(4,5)6)31-36-52(51)67(64,7)8)53-25-18-24-48-50-35-34-49-47-23-14-17-28-56(47)70(42-19-10-9-11-20-42)61(49)62(50)72(58)60(48)53/h9-39H,1-8H3. The van der Waals surface area contributed by atoms with Crippen LogP contribution in [0.1, 0.15) is 77.6 Å². The highest BCUT2D eigenvalue weighted by Crippen LogP contribution is 2.56. The molecule has 4 nitrogen and oxygen atoms in total. The maximum absolute atomic E-state index is 2.70. The summed E-state index contributed by atoms with van der Waals surface area (Å²) in [7, 11) is 0. The van der Waals surface area contributed by atoms with Gasteiger partial charge in [-0.3, -0.25) is 0 Å². The Hall–Kier alpha value is -8.02. The predicted molar refractivity (Wildman–Crippen MR) is 307 cm³/mol. The number of benzene rings is 9. The van der Waals surface area contributed by atoms with Crippen LogP contribution in [0.15, 0.2) is 194 Å². The number of fused-ring (bicyclic) bond motifs is 15. The Labute approximate surface area is 421 Å². The number of aromatic nitrogens is 3. The number of hydrogen-bond donors (Lipinski definition) is 0. The van der Waals surface area contributed by atoms with E-state index in [-0.39, 0.29) is 23.0 Å². The number of anilines is 2. The molecule has 3 aliphatic rings. The molecule has 0 radical (unpaired) electrons. The number of nitrogens with zero attached hydrogens (tertiary/aromatic N) is 4. The van der Waals surface area contributed by atoms with Crippen molar-refractivity contribution in [2.24, 2.45) is 0 Å². The van der Waals surface area contributed by atoms with Crippen LogP contribution in [0.3, 0.4) is 0 Å². The van der Waals surface area contributed by atoms with Crippen LogP contribution in [0.25, 0.3) is 88.2 Å². The van der Waals surface area contributed by atoms with Gasteiger partial charge in [-0.1, -0.05) is 188 Å². The fourth-order valence-corrected chi connectivity index (χ4v) is 13.6. The lowest BCUT2D eigenvalue weighted by Crippen LogP contribution is -2.56. The summed E-state index contributed by atoms with van der Waals surface area (Å²) < 4.78 is 7.76. The molecule has 0 spiro atoms. The quantitative estimate of drug-likeness (QED) is 0.162. The van der Waals surface area contributed by atoms with Crippen LogP contribution in [0.5, 0.6) is 0 Å². The lowest BCUT2D eigenvalue weighted by molar-refractivity contribution is 0.588. The summed E-state index contributed by atoms with van der Waals surface area (Å²) in [6.45, 7) is 19.0. The molecule has 0 atom stereocenters. The molecule has 0 bridgehead atoms. The van der Waals surface area contributed by atoms with E-state index in [1.165, 1.54) is 127 Å². The zero-order valence-corrected chi connectivity index (χ0v) is 42.3. The normalized spacial score (nSPS) is 14.9. The molecule has 0 fully saturated rings. The highest BCUT2D eigenvalue weighted by atomic mass is 15.2. The Morgan fingerprint density at radius 3 is 1.58 bits per heavy atom. The number of allylic oxidation sites excluding steroid dienone is 1.